The van der Waals surface area contributed by atoms with Gasteiger partial charge < -0.3 is 14.2 Å². The topological polar surface area (TPSA) is 57.7 Å². The zero-order valence-electron chi connectivity index (χ0n) is 21.7. The number of pyridine rings is 1. The average molecular weight is 546 g/mol. The number of esters is 1. The minimum atomic E-state index is -4.72. The van der Waals surface area contributed by atoms with E-state index in [1.165, 1.54) is 12.1 Å². The minimum Gasteiger partial charge on any atom is -0.476 e. The molecule has 1 aromatic heterocycles. The van der Waals surface area contributed by atoms with E-state index in [2.05, 4.69) is 10.8 Å². The lowest BCUT2D eigenvalue weighted by atomic mass is 10.1. The van der Waals surface area contributed by atoms with Gasteiger partial charge in [-0.05, 0) is 100 Å². The summed E-state index contributed by atoms with van der Waals surface area (Å²) >= 11 is 1.69. The molecular weight excluding hydrogens is 515 g/mol. The second kappa shape index (κ2) is 11.3. The summed E-state index contributed by atoms with van der Waals surface area (Å²) < 4.78 is 52.4. The molecule has 0 unspecified atom stereocenters. The molecule has 1 aliphatic carbocycles. The molecule has 0 saturated heterocycles. The number of thioether (sulfide) groups is 1. The quantitative estimate of drug-likeness (QED) is 0.191. The highest BCUT2D eigenvalue weighted by Gasteiger charge is 2.33. The van der Waals surface area contributed by atoms with Crippen molar-refractivity contribution < 1.29 is 32.2 Å². The van der Waals surface area contributed by atoms with Crippen LogP contribution in [0.5, 0.6) is 11.5 Å². The van der Waals surface area contributed by atoms with Gasteiger partial charge >= 0.3 is 12.3 Å². The molecule has 202 valence electrons. The third-order valence-electron chi connectivity index (χ3n) is 6.03. The maximum Gasteiger partial charge on any atom is 0.573 e. The molecule has 1 saturated carbocycles. The number of benzene rings is 2. The smallest absolute Gasteiger partial charge is 0.476 e. The van der Waals surface area contributed by atoms with Crippen LogP contribution in [0.4, 0.5) is 13.2 Å². The number of nitrogens with zero attached hydrogens (tertiary/aromatic N) is 1. The van der Waals surface area contributed by atoms with Crippen molar-refractivity contribution in [1.29, 1.82) is 0 Å². The summed E-state index contributed by atoms with van der Waals surface area (Å²) in [5, 5.41) is 0. The van der Waals surface area contributed by atoms with Gasteiger partial charge in [0.2, 0.25) is 0 Å². The Bertz CT molecular complexity index is 1290. The molecule has 0 aliphatic heterocycles. The van der Waals surface area contributed by atoms with E-state index in [0.717, 1.165) is 51.6 Å². The molecule has 0 bridgehead atoms. The maximum absolute atomic E-state index is 12.5. The van der Waals surface area contributed by atoms with E-state index in [1.54, 1.807) is 44.7 Å². The Morgan fingerprint density at radius 2 is 1.74 bits per heavy atom. The van der Waals surface area contributed by atoms with Gasteiger partial charge in [-0.15, -0.1) is 24.9 Å². The Kier molecular flexibility index (Phi) is 8.25. The summed E-state index contributed by atoms with van der Waals surface area (Å²) in [6.45, 7) is 7.37. The van der Waals surface area contributed by atoms with Crippen molar-refractivity contribution in [1.82, 2.24) is 4.98 Å². The van der Waals surface area contributed by atoms with Crippen molar-refractivity contribution in [2.45, 2.75) is 69.1 Å². The highest BCUT2D eigenvalue weighted by Crippen LogP contribution is 2.43. The van der Waals surface area contributed by atoms with Gasteiger partial charge in [0.05, 0.1) is 12.3 Å². The summed E-state index contributed by atoms with van der Waals surface area (Å²) in [6.07, 6.45) is -2.56. The van der Waals surface area contributed by atoms with Gasteiger partial charge in [0, 0.05) is 27.8 Å². The Labute approximate surface area is 224 Å². The summed E-state index contributed by atoms with van der Waals surface area (Å²) in [4.78, 5) is 18.1. The molecule has 5 nitrogen and oxygen atoms in total. The van der Waals surface area contributed by atoms with Crippen LogP contribution in [0.15, 0.2) is 59.5 Å². The van der Waals surface area contributed by atoms with E-state index in [1.807, 2.05) is 31.2 Å². The number of rotatable bonds is 10. The van der Waals surface area contributed by atoms with E-state index in [-0.39, 0.29) is 5.75 Å². The molecule has 0 atom stereocenters. The Morgan fingerprint density at radius 1 is 1.03 bits per heavy atom. The average Bonchev–Trinajstić information content (AvgIpc) is 3.69. The van der Waals surface area contributed by atoms with Crippen molar-refractivity contribution in [2.75, 3.05) is 6.61 Å². The fraction of sp³-hybridized carbons (Fsp3) is 0.379. The van der Waals surface area contributed by atoms with Gasteiger partial charge in [0.15, 0.2) is 5.60 Å². The molecule has 4 rings (SSSR count). The highest BCUT2D eigenvalue weighted by atomic mass is 32.2. The lowest BCUT2D eigenvalue weighted by molar-refractivity contribution is -0.274. The summed E-state index contributed by atoms with van der Waals surface area (Å²) in [6, 6.07) is 15.6. The van der Waals surface area contributed by atoms with Crippen LogP contribution in [0.3, 0.4) is 0 Å². The van der Waals surface area contributed by atoms with Gasteiger partial charge in [-0.2, -0.15) is 0 Å². The molecule has 0 spiro atoms. The molecule has 0 radical (unpaired) electrons. The SMILES string of the molecule is CCOC(=O)C(C)(C)Oc1ccc(SCc2ccc(-c3ccc(OC(F)(F)F)cc3)nc2C2CC2)cc1C. The van der Waals surface area contributed by atoms with Crippen LogP contribution in [0.1, 0.15) is 56.4 Å². The van der Waals surface area contributed by atoms with Gasteiger partial charge in [-0.3, -0.25) is 4.98 Å². The van der Waals surface area contributed by atoms with Gasteiger partial charge in [-0.25, -0.2) is 4.79 Å². The van der Waals surface area contributed by atoms with E-state index in [4.69, 9.17) is 14.5 Å². The molecule has 0 amide bonds. The van der Waals surface area contributed by atoms with Crippen molar-refractivity contribution in [3.8, 4) is 22.8 Å². The van der Waals surface area contributed by atoms with Crippen LogP contribution in [0.25, 0.3) is 11.3 Å². The molecule has 1 aliphatic rings. The lowest BCUT2D eigenvalue weighted by Crippen LogP contribution is -2.39. The summed E-state index contributed by atoms with van der Waals surface area (Å²) in [5.74, 6) is 1.09. The number of carbonyl (C=O) groups excluding carboxylic acids is 1. The molecule has 0 N–H and O–H groups in total. The number of hydrogen-bond donors (Lipinski definition) is 0. The fourth-order valence-electron chi connectivity index (χ4n) is 3.93. The van der Waals surface area contributed by atoms with Crippen LogP contribution in [-0.2, 0) is 15.3 Å². The Balaban J connectivity index is 1.45. The molecule has 1 fully saturated rings. The first-order valence-electron chi connectivity index (χ1n) is 12.4. The van der Waals surface area contributed by atoms with Crippen molar-refractivity contribution in [2.24, 2.45) is 0 Å². The van der Waals surface area contributed by atoms with Gasteiger partial charge in [-0.1, -0.05) is 6.07 Å². The zero-order chi connectivity index (χ0) is 27.5. The Hall–Kier alpha value is -3.20. The number of hydrogen-bond acceptors (Lipinski definition) is 6. The first-order chi connectivity index (χ1) is 17.9. The van der Waals surface area contributed by atoms with Crippen LogP contribution < -0.4 is 9.47 Å². The zero-order valence-corrected chi connectivity index (χ0v) is 22.5. The first kappa shape index (κ1) is 27.8. The number of aryl methyl sites for hydroxylation is 1. The lowest BCUT2D eigenvalue weighted by Gasteiger charge is -2.25. The maximum atomic E-state index is 12.5. The number of carbonyl (C=O) groups is 1. The largest absolute Gasteiger partial charge is 0.573 e. The molecule has 9 heteroatoms. The third-order valence-corrected chi connectivity index (χ3v) is 7.08. The number of ether oxygens (including phenoxy) is 3. The van der Waals surface area contributed by atoms with Crippen LogP contribution in [0.2, 0.25) is 0 Å². The fourth-order valence-corrected chi connectivity index (χ4v) is 4.92. The standard InChI is InChI=1S/C29H30F3NO4S/c1-5-35-27(34)28(3,4)37-25-15-13-23(16-18(25)2)38-17-21-10-14-24(33-26(21)20-6-7-20)19-8-11-22(12-9-19)36-29(30,31)32/h8-16,20H,5-7,17H2,1-4H3. The molecule has 3 aromatic rings. The normalized spacial score (nSPS) is 13.8. The summed E-state index contributed by atoms with van der Waals surface area (Å²) in [5.41, 5.74) is 3.46. The van der Waals surface area contributed by atoms with Gasteiger partial charge in [0.25, 0.3) is 0 Å². The number of alkyl halides is 3. The molecular formula is C29H30F3NO4S. The van der Waals surface area contributed by atoms with Crippen molar-refractivity contribution in [3.63, 3.8) is 0 Å². The minimum absolute atomic E-state index is 0.257. The van der Waals surface area contributed by atoms with Crippen molar-refractivity contribution >= 4 is 17.7 Å². The van der Waals surface area contributed by atoms with E-state index >= 15 is 0 Å². The van der Waals surface area contributed by atoms with Gasteiger partial charge in [0.1, 0.15) is 11.5 Å². The van der Waals surface area contributed by atoms with E-state index in [9.17, 15) is 18.0 Å². The summed E-state index contributed by atoms with van der Waals surface area (Å²) in [7, 11) is 0. The predicted octanol–water partition coefficient (Wildman–Crippen LogP) is 7.85. The van der Waals surface area contributed by atoms with Crippen LogP contribution >= 0.6 is 11.8 Å². The predicted molar refractivity (Wildman–Crippen MR) is 140 cm³/mol. The molecule has 1 heterocycles. The van der Waals surface area contributed by atoms with Crippen LogP contribution in [0, 0.1) is 6.92 Å². The number of aromatic nitrogens is 1. The second-order valence-corrected chi connectivity index (χ2v) is 10.7. The number of halogens is 3. The van der Waals surface area contributed by atoms with E-state index < -0.39 is 17.9 Å². The molecule has 2 aromatic carbocycles. The van der Waals surface area contributed by atoms with Crippen molar-refractivity contribution in [3.05, 3.63) is 71.4 Å². The Morgan fingerprint density at radius 3 is 2.34 bits per heavy atom. The third kappa shape index (κ3) is 7.22. The second-order valence-electron chi connectivity index (χ2n) is 9.64. The highest BCUT2D eigenvalue weighted by molar-refractivity contribution is 7.98. The first-order valence-corrected chi connectivity index (χ1v) is 13.4. The molecule has 38 heavy (non-hydrogen) atoms. The monoisotopic (exact) mass is 545 g/mol. The van der Waals surface area contributed by atoms with Crippen LogP contribution in [-0.4, -0.2) is 29.5 Å². The van der Waals surface area contributed by atoms with E-state index in [0.29, 0.717) is 18.3 Å².